The molecule has 6 heteroatoms. The van der Waals surface area contributed by atoms with E-state index in [2.05, 4.69) is 21.2 Å². The number of hydrogen-bond donors (Lipinski definition) is 1. The van der Waals surface area contributed by atoms with Gasteiger partial charge in [-0.1, -0.05) is 85.3 Å². The van der Waals surface area contributed by atoms with E-state index < -0.39 is 5.91 Å². The Hall–Kier alpha value is -1.33. The molecule has 2 aliphatic rings. The van der Waals surface area contributed by atoms with Crippen LogP contribution in [0.15, 0.2) is 39.5 Å². The monoisotopic (exact) mass is 466 g/mol. The zero-order valence-electron chi connectivity index (χ0n) is 16.2. The lowest BCUT2D eigenvalue weighted by atomic mass is 9.98. The van der Waals surface area contributed by atoms with Gasteiger partial charge in [0.25, 0.3) is 11.8 Å². The van der Waals surface area contributed by atoms with Crippen molar-refractivity contribution in [1.29, 1.82) is 0 Å². The van der Waals surface area contributed by atoms with Crippen LogP contribution in [0.4, 0.5) is 5.69 Å². The molecule has 0 radical (unpaired) electrons. The average molecular weight is 468 g/mol. The third-order valence-electron chi connectivity index (χ3n) is 5.57. The molecular formula is C22H28BrClN2O2. The number of nitrogens with one attached hydrogen (secondary N) is 1. The van der Waals surface area contributed by atoms with Gasteiger partial charge in [-0.15, -0.1) is 0 Å². The van der Waals surface area contributed by atoms with Gasteiger partial charge in [0.1, 0.15) is 10.7 Å². The summed E-state index contributed by atoms with van der Waals surface area (Å²) < 4.78 is 0.890. The van der Waals surface area contributed by atoms with Crippen molar-refractivity contribution in [2.45, 2.75) is 76.7 Å². The Labute approximate surface area is 180 Å². The highest BCUT2D eigenvalue weighted by atomic mass is 79.9. The van der Waals surface area contributed by atoms with Gasteiger partial charge in [-0.25, -0.2) is 4.90 Å². The Bertz CT molecular complexity index is 721. The van der Waals surface area contributed by atoms with Crippen LogP contribution in [-0.2, 0) is 9.59 Å². The third kappa shape index (κ3) is 5.38. The van der Waals surface area contributed by atoms with E-state index in [1.165, 1.54) is 44.9 Å². The van der Waals surface area contributed by atoms with Gasteiger partial charge in [0.15, 0.2) is 0 Å². The Morgan fingerprint density at radius 2 is 1.32 bits per heavy atom. The summed E-state index contributed by atoms with van der Waals surface area (Å²) >= 11 is 9.67. The van der Waals surface area contributed by atoms with Crippen molar-refractivity contribution in [3.63, 3.8) is 0 Å². The summed E-state index contributed by atoms with van der Waals surface area (Å²) in [5.41, 5.74) is 0.790. The molecule has 0 bridgehead atoms. The Morgan fingerprint density at radius 1 is 0.821 bits per heavy atom. The van der Waals surface area contributed by atoms with E-state index >= 15 is 0 Å². The maximum Gasteiger partial charge on any atom is 0.283 e. The highest BCUT2D eigenvalue weighted by Crippen LogP contribution is 2.30. The van der Waals surface area contributed by atoms with Crippen LogP contribution >= 0.6 is 27.5 Å². The predicted octanol–water partition coefficient (Wildman–Crippen LogP) is 6.04. The van der Waals surface area contributed by atoms with Crippen molar-refractivity contribution in [1.82, 2.24) is 5.32 Å². The molecule has 4 nitrogen and oxygen atoms in total. The standard InChI is InChI=1S/C22H28BrClN2O2/c23-16-12-14-18(15-13-16)26-21(27)19(24)20(22(26)28)25-17-10-8-6-4-2-1-3-5-7-9-11-17/h12-15,17,25H,1-11H2. The Kier molecular flexibility index (Phi) is 7.98. The topological polar surface area (TPSA) is 49.4 Å². The third-order valence-corrected chi connectivity index (χ3v) is 6.45. The Morgan fingerprint density at radius 3 is 1.86 bits per heavy atom. The second-order valence-corrected chi connectivity index (χ2v) is 9.01. The normalized spacial score (nSPS) is 20.9. The van der Waals surface area contributed by atoms with Gasteiger partial charge in [-0.2, -0.15) is 0 Å². The lowest BCUT2D eigenvalue weighted by Gasteiger charge is -2.21. The summed E-state index contributed by atoms with van der Waals surface area (Å²) in [7, 11) is 0. The molecule has 1 N–H and O–H groups in total. The minimum atomic E-state index is -0.454. The molecule has 0 unspecified atom stereocenters. The molecule has 1 saturated carbocycles. The minimum absolute atomic E-state index is 0.000893. The van der Waals surface area contributed by atoms with Crippen molar-refractivity contribution in [2.75, 3.05) is 4.90 Å². The van der Waals surface area contributed by atoms with Gasteiger partial charge in [0, 0.05) is 10.5 Å². The number of benzene rings is 1. The smallest absolute Gasteiger partial charge is 0.283 e. The molecule has 1 aliphatic carbocycles. The fourth-order valence-corrected chi connectivity index (χ4v) is 4.45. The highest BCUT2D eigenvalue weighted by molar-refractivity contribution is 9.10. The van der Waals surface area contributed by atoms with Crippen LogP contribution in [0.25, 0.3) is 0 Å². The SMILES string of the molecule is O=C1C(Cl)=C(NC2CCCCCCCCCCC2)C(=O)N1c1ccc(Br)cc1. The van der Waals surface area contributed by atoms with E-state index in [-0.39, 0.29) is 22.7 Å². The second kappa shape index (κ2) is 10.4. The molecule has 1 aromatic carbocycles. The molecule has 152 valence electrons. The van der Waals surface area contributed by atoms with E-state index in [0.29, 0.717) is 5.69 Å². The number of hydrogen-bond acceptors (Lipinski definition) is 3. The first-order valence-electron chi connectivity index (χ1n) is 10.4. The van der Waals surface area contributed by atoms with Crippen LogP contribution in [0.1, 0.15) is 70.6 Å². The largest absolute Gasteiger partial charge is 0.376 e. The first-order valence-corrected chi connectivity index (χ1v) is 11.6. The number of rotatable bonds is 3. The van der Waals surface area contributed by atoms with E-state index in [1.807, 2.05) is 12.1 Å². The number of anilines is 1. The lowest BCUT2D eigenvalue weighted by Crippen LogP contribution is -2.36. The number of carbonyl (C=O) groups is 2. The van der Waals surface area contributed by atoms with Crippen LogP contribution in [0, 0.1) is 0 Å². The number of carbonyl (C=O) groups excluding carboxylic acids is 2. The molecular weight excluding hydrogens is 440 g/mol. The quantitative estimate of drug-likeness (QED) is 0.552. The van der Waals surface area contributed by atoms with Gasteiger partial charge in [-0.05, 0) is 37.1 Å². The van der Waals surface area contributed by atoms with E-state index in [4.69, 9.17) is 11.6 Å². The Balaban J connectivity index is 1.69. The van der Waals surface area contributed by atoms with Crippen LogP contribution in [0.2, 0.25) is 0 Å². The molecule has 1 heterocycles. The summed E-state index contributed by atoms with van der Waals surface area (Å²) in [5, 5.41) is 3.34. The fraction of sp³-hybridized carbons (Fsp3) is 0.545. The molecule has 0 aromatic heterocycles. The first-order chi connectivity index (χ1) is 13.6. The van der Waals surface area contributed by atoms with Gasteiger partial charge in [0.2, 0.25) is 0 Å². The molecule has 1 aliphatic heterocycles. The lowest BCUT2D eigenvalue weighted by molar-refractivity contribution is -0.120. The molecule has 0 spiro atoms. The summed E-state index contributed by atoms with van der Waals surface area (Å²) in [4.78, 5) is 26.7. The van der Waals surface area contributed by atoms with Crippen LogP contribution in [0.3, 0.4) is 0 Å². The summed E-state index contributed by atoms with van der Waals surface area (Å²) in [6, 6.07) is 7.28. The number of amides is 2. The molecule has 3 rings (SSSR count). The average Bonchev–Trinajstić information content (AvgIpc) is 2.88. The highest BCUT2D eigenvalue weighted by Gasteiger charge is 2.39. The number of halogens is 2. The van der Waals surface area contributed by atoms with Crippen LogP contribution < -0.4 is 10.2 Å². The van der Waals surface area contributed by atoms with Crippen molar-refractivity contribution in [3.8, 4) is 0 Å². The van der Waals surface area contributed by atoms with Crippen molar-refractivity contribution in [3.05, 3.63) is 39.5 Å². The molecule has 1 aromatic rings. The van der Waals surface area contributed by atoms with Crippen LogP contribution in [-0.4, -0.2) is 17.9 Å². The molecule has 0 saturated heterocycles. The van der Waals surface area contributed by atoms with E-state index in [1.54, 1.807) is 12.1 Å². The first kappa shape index (κ1) is 21.4. The number of nitrogens with zero attached hydrogens (tertiary/aromatic N) is 1. The fourth-order valence-electron chi connectivity index (χ4n) is 3.96. The predicted molar refractivity (Wildman–Crippen MR) is 117 cm³/mol. The van der Waals surface area contributed by atoms with Gasteiger partial charge in [-0.3, -0.25) is 9.59 Å². The van der Waals surface area contributed by atoms with Gasteiger partial charge < -0.3 is 5.32 Å². The second-order valence-electron chi connectivity index (χ2n) is 7.71. The van der Waals surface area contributed by atoms with Gasteiger partial charge in [0.05, 0.1) is 5.69 Å². The van der Waals surface area contributed by atoms with Gasteiger partial charge >= 0.3 is 0 Å². The van der Waals surface area contributed by atoms with Crippen molar-refractivity contribution < 1.29 is 9.59 Å². The zero-order chi connectivity index (χ0) is 19.9. The summed E-state index contributed by atoms with van der Waals surface area (Å²) in [6.45, 7) is 0. The van der Waals surface area contributed by atoms with E-state index in [0.717, 1.165) is 35.1 Å². The molecule has 1 fully saturated rings. The maximum absolute atomic E-state index is 13.0. The molecule has 0 atom stereocenters. The van der Waals surface area contributed by atoms with E-state index in [9.17, 15) is 9.59 Å². The van der Waals surface area contributed by atoms with Crippen LogP contribution in [0.5, 0.6) is 0 Å². The number of imide groups is 1. The zero-order valence-corrected chi connectivity index (χ0v) is 18.5. The summed E-state index contributed by atoms with van der Waals surface area (Å²) in [5.74, 6) is -0.812. The van der Waals surface area contributed by atoms with Crippen molar-refractivity contribution in [2.24, 2.45) is 0 Å². The minimum Gasteiger partial charge on any atom is -0.376 e. The van der Waals surface area contributed by atoms with Crippen molar-refractivity contribution >= 4 is 45.0 Å². The molecule has 2 amide bonds. The summed E-state index contributed by atoms with van der Waals surface area (Å²) in [6.07, 6.45) is 13.3. The molecule has 28 heavy (non-hydrogen) atoms. The maximum atomic E-state index is 13.0.